The van der Waals surface area contributed by atoms with Gasteiger partial charge in [-0.1, -0.05) is 19.8 Å². The highest BCUT2D eigenvalue weighted by Crippen LogP contribution is 2.23. The largest absolute Gasteiger partial charge is 0.317 e. The molecule has 2 fully saturated rings. The summed E-state index contributed by atoms with van der Waals surface area (Å²) in [5.41, 5.74) is 0. The first-order valence-electron chi connectivity index (χ1n) is 8.26. The lowest BCUT2D eigenvalue weighted by Crippen LogP contribution is -2.37. The van der Waals surface area contributed by atoms with Gasteiger partial charge in [0.1, 0.15) is 0 Å². The molecule has 0 aromatic carbocycles. The van der Waals surface area contributed by atoms with Crippen molar-refractivity contribution in [1.82, 2.24) is 10.0 Å². The molecule has 2 rings (SSSR count). The SMILES string of the molecule is CC1CCCC(NS(=O)(=O)CCC2CCNCC2)CC1. The van der Waals surface area contributed by atoms with E-state index in [2.05, 4.69) is 17.0 Å². The fraction of sp³-hybridized carbons (Fsp3) is 1.00. The Labute approximate surface area is 124 Å². The fourth-order valence-corrected chi connectivity index (χ4v) is 4.92. The molecule has 1 aliphatic carbocycles. The maximum Gasteiger partial charge on any atom is 0.211 e. The summed E-state index contributed by atoms with van der Waals surface area (Å²) < 4.78 is 27.4. The van der Waals surface area contributed by atoms with Crippen LogP contribution < -0.4 is 10.0 Å². The van der Waals surface area contributed by atoms with Gasteiger partial charge in [-0.25, -0.2) is 13.1 Å². The van der Waals surface area contributed by atoms with Crippen molar-refractivity contribution in [3.8, 4) is 0 Å². The standard InChI is InChI=1S/C15H30N2O2S/c1-13-3-2-4-15(6-5-13)17-20(18,19)12-9-14-7-10-16-11-8-14/h13-17H,2-12H2,1H3. The topological polar surface area (TPSA) is 58.2 Å². The van der Waals surface area contributed by atoms with Crippen molar-refractivity contribution in [1.29, 1.82) is 0 Å². The second kappa shape index (κ2) is 7.76. The van der Waals surface area contributed by atoms with Gasteiger partial charge in [-0.3, -0.25) is 0 Å². The minimum Gasteiger partial charge on any atom is -0.317 e. The first-order valence-corrected chi connectivity index (χ1v) is 9.91. The van der Waals surface area contributed by atoms with Crippen LogP contribution in [-0.4, -0.2) is 33.3 Å². The zero-order valence-electron chi connectivity index (χ0n) is 12.7. The molecule has 0 aromatic rings. The van der Waals surface area contributed by atoms with Gasteiger partial charge in [0.05, 0.1) is 5.75 Å². The van der Waals surface area contributed by atoms with E-state index in [4.69, 9.17) is 0 Å². The summed E-state index contributed by atoms with van der Waals surface area (Å²) in [5.74, 6) is 1.64. The van der Waals surface area contributed by atoms with Gasteiger partial charge in [-0.05, 0) is 63.5 Å². The van der Waals surface area contributed by atoms with Crippen molar-refractivity contribution in [2.75, 3.05) is 18.8 Å². The molecule has 2 aliphatic rings. The predicted octanol–water partition coefficient (Wildman–Crippen LogP) is 2.26. The Morgan fingerprint density at radius 3 is 2.55 bits per heavy atom. The van der Waals surface area contributed by atoms with Crippen molar-refractivity contribution in [2.24, 2.45) is 11.8 Å². The number of hydrogen-bond donors (Lipinski definition) is 2. The van der Waals surface area contributed by atoms with Crippen LogP contribution in [0, 0.1) is 11.8 Å². The van der Waals surface area contributed by atoms with Gasteiger partial charge in [-0.2, -0.15) is 0 Å². The van der Waals surface area contributed by atoms with Crippen LogP contribution in [0.15, 0.2) is 0 Å². The summed E-state index contributed by atoms with van der Waals surface area (Å²) in [6.07, 6.45) is 8.63. The summed E-state index contributed by atoms with van der Waals surface area (Å²) in [5, 5.41) is 3.32. The molecule has 0 bridgehead atoms. The number of rotatable bonds is 5. The van der Waals surface area contributed by atoms with Gasteiger partial charge >= 0.3 is 0 Å². The van der Waals surface area contributed by atoms with Crippen LogP contribution in [0.4, 0.5) is 0 Å². The average molecular weight is 302 g/mol. The summed E-state index contributed by atoms with van der Waals surface area (Å²) in [7, 11) is -3.08. The molecule has 2 atom stereocenters. The number of sulfonamides is 1. The molecular formula is C15H30N2O2S. The van der Waals surface area contributed by atoms with Crippen LogP contribution in [0.5, 0.6) is 0 Å². The highest BCUT2D eigenvalue weighted by molar-refractivity contribution is 7.89. The van der Waals surface area contributed by atoms with E-state index in [1.165, 1.54) is 6.42 Å². The predicted molar refractivity (Wildman–Crippen MR) is 83.2 cm³/mol. The molecular weight excluding hydrogens is 272 g/mol. The van der Waals surface area contributed by atoms with Gasteiger partial charge in [0, 0.05) is 6.04 Å². The van der Waals surface area contributed by atoms with Crippen molar-refractivity contribution in [3.63, 3.8) is 0 Å². The molecule has 0 radical (unpaired) electrons. The van der Waals surface area contributed by atoms with Gasteiger partial charge < -0.3 is 5.32 Å². The number of nitrogens with one attached hydrogen (secondary N) is 2. The molecule has 5 heteroatoms. The Kier molecular flexibility index (Phi) is 6.30. The minimum atomic E-state index is -3.08. The monoisotopic (exact) mass is 302 g/mol. The smallest absolute Gasteiger partial charge is 0.211 e. The summed E-state index contributed by atoms with van der Waals surface area (Å²) in [6.45, 7) is 4.35. The molecule has 2 N–H and O–H groups in total. The Balaban J connectivity index is 1.74. The van der Waals surface area contributed by atoms with Crippen LogP contribution in [0.2, 0.25) is 0 Å². The Morgan fingerprint density at radius 1 is 1.05 bits per heavy atom. The fourth-order valence-electron chi connectivity index (χ4n) is 3.41. The number of piperidine rings is 1. The van der Waals surface area contributed by atoms with Crippen LogP contribution >= 0.6 is 0 Å². The normalized spacial score (nSPS) is 30.1. The third kappa shape index (κ3) is 5.70. The Hall–Kier alpha value is -0.130. The molecule has 118 valence electrons. The van der Waals surface area contributed by atoms with E-state index in [0.29, 0.717) is 11.7 Å². The van der Waals surface area contributed by atoms with E-state index in [-0.39, 0.29) is 6.04 Å². The lowest BCUT2D eigenvalue weighted by Gasteiger charge is -2.23. The van der Waals surface area contributed by atoms with Gasteiger partial charge in [0.25, 0.3) is 0 Å². The van der Waals surface area contributed by atoms with E-state index >= 15 is 0 Å². The number of hydrogen-bond acceptors (Lipinski definition) is 3. The molecule has 2 unspecified atom stereocenters. The van der Waals surface area contributed by atoms with Crippen LogP contribution in [0.25, 0.3) is 0 Å². The summed E-state index contributed by atoms with van der Waals surface area (Å²) >= 11 is 0. The van der Waals surface area contributed by atoms with Gasteiger partial charge in [-0.15, -0.1) is 0 Å². The first-order chi connectivity index (χ1) is 9.55. The van der Waals surface area contributed by atoms with Crippen LogP contribution in [0.3, 0.4) is 0 Å². The molecule has 0 spiro atoms. The molecule has 0 aromatic heterocycles. The van der Waals surface area contributed by atoms with E-state index in [9.17, 15) is 8.42 Å². The molecule has 1 aliphatic heterocycles. The van der Waals surface area contributed by atoms with Gasteiger partial charge in [0.2, 0.25) is 10.0 Å². The van der Waals surface area contributed by atoms with E-state index < -0.39 is 10.0 Å². The van der Waals surface area contributed by atoms with Crippen molar-refractivity contribution in [3.05, 3.63) is 0 Å². The maximum absolute atomic E-state index is 12.2. The van der Waals surface area contributed by atoms with Crippen molar-refractivity contribution in [2.45, 2.75) is 64.3 Å². The summed E-state index contributed by atoms with van der Waals surface area (Å²) in [6, 6.07) is 0.179. The molecule has 20 heavy (non-hydrogen) atoms. The zero-order chi connectivity index (χ0) is 14.4. The third-order valence-electron chi connectivity index (χ3n) is 4.86. The van der Waals surface area contributed by atoms with Gasteiger partial charge in [0.15, 0.2) is 0 Å². The van der Waals surface area contributed by atoms with Crippen LogP contribution in [0.1, 0.15) is 58.3 Å². The molecule has 1 saturated heterocycles. The molecule has 4 nitrogen and oxygen atoms in total. The second-order valence-electron chi connectivity index (χ2n) is 6.73. The third-order valence-corrected chi connectivity index (χ3v) is 6.32. The highest BCUT2D eigenvalue weighted by atomic mass is 32.2. The van der Waals surface area contributed by atoms with Crippen molar-refractivity contribution < 1.29 is 8.42 Å². The lowest BCUT2D eigenvalue weighted by atomic mass is 9.96. The minimum absolute atomic E-state index is 0.179. The molecule has 0 amide bonds. The molecule has 1 saturated carbocycles. The van der Waals surface area contributed by atoms with E-state index in [1.807, 2.05) is 0 Å². The van der Waals surface area contributed by atoms with Crippen molar-refractivity contribution >= 4 is 10.0 Å². The molecule has 1 heterocycles. The van der Waals surface area contributed by atoms with E-state index in [0.717, 1.165) is 64.0 Å². The lowest BCUT2D eigenvalue weighted by molar-refractivity contribution is 0.364. The summed E-state index contributed by atoms with van der Waals surface area (Å²) in [4.78, 5) is 0. The maximum atomic E-state index is 12.2. The van der Waals surface area contributed by atoms with Crippen LogP contribution in [-0.2, 0) is 10.0 Å². The zero-order valence-corrected chi connectivity index (χ0v) is 13.6. The van der Waals surface area contributed by atoms with E-state index in [1.54, 1.807) is 0 Å². The highest BCUT2D eigenvalue weighted by Gasteiger charge is 2.22. The first kappa shape index (κ1) is 16.2. The average Bonchev–Trinajstić information content (AvgIpc) is 2.62. The Morgan fingerprint density at radius 2 is 1.80 bits per heavy atom. The quantitative estimate of drug-likeness (QED) is 0.766. The Bertz CT molecular complexity index is 377. The second-order valence-corrected chi connectivity index (χ2v) is 8.60.